The summed E-state index contributed by atoms with van der Waals surface area (Å²) in [7, 11) is 0. The molecule has 2 rings (SSSR count). The minimum absolute atomic E-state index is 0.100. The highest BCUT2D eigenvalue weighted by Crippen LogP contribution is 2.38. The molecule has 1 heterocycles. The molecule has 6 nitrogen and oxygen atoms in total. The molecule has 1 unspecified atom stereocenters. The molecule has 0 amide bonds. The summed E-state index contributed by atoms with van der Waals surface area (Å²) in [6, 6.07) is 2.93. The van der Waals surface area contributed by atoms with E-state index in [2.05, 4.69) is 15.2 Å². The lowest BCUT2D eigenvalue weighted by molar-refractivity contribution is 0.0320. The second kappa shape index (κ2) is 8.02. The summed E-state index contributed by atoms with van der Waals surface area (Å²) in [6.07, 6.45) is 1.27. The third-order valence-electron chi connectivity index (χ3n) is 3.71. The molecule has 3 atom stereocenters. The first-order valence-electron chi connectivity index (χ1n) is 7.33. The number of hydrogen-bond donors (Lipinski definition) is 4. The van der Waals surface area contributed by atoms with E-state index < -0.39 is 27.9 Å². The minimum Gasteiger partial charge on any atom is -0.396 e. The topological polar surface area (TPSA) is 102 Å². The first-order chi connectivity index (χ1) is 11.4. The molecule has 1 aromatic carbocycles. The number of hydrogen-bond acceptors (Lipinski definition) is 6. The zero-order valence-electron chi connectivity index (χ0n) is 13.0. The van der Waals surface area contributed by atoms with Gasteiger partial charge >= 0.3 is 0 Å². The van der Waals surface area contributed by atoms with Crippen molar-refractivity contribution in [2.75, 3.05) is 6.61 Å². The van der Waals surface area contributed by atoms with E-state index in [4.69, 9.17) is 5.11 Å². The van der Waals surface area contributed by atoms with Crippen LogP contribution in [0, 0.1) is 11.6 Å². The van der Waals surface area contributed by atoms with Gasteiger partial charge in [-0.25, -0.2) is 13.8 Å². The fraction of sp³-hybridized carbons (Fsp3) is 0.467. The molecule has 0 aliphatic rings. The van der Waals surface area contributed by atoms with Gasteiger partial charge in [-0.05, 0) is 6.07 Å². The maximum absolute atomic E-state index is 14.3. The summed E-state index contributed by atoms with van der Waals surface area (Å²) in [5, 5.41) is 35.5. The number of H-pyrrole nitrogens is 1. The molecular weight excluding hydrogens is 340 g/mol. The fourth-order valence-electron chi connectivity index (χ4n) is 2.40. The van der Waals surface area contributed by atoms with Gasteiger partial charge in [0.15, 0.2) is 0 Å². The van der Waals surface area contributed by atoms with Crippen LogP contribution in [-0.2, 0) is 12.0 Å². The highest BCUT2D eigenvalue weighted by Gasteiger charge is 2.40. The Morgan fingerprint density at radius 1 is 1.38 bits per heavy atom. The van der Waals surface area contributed by atoms with Crippen LogP contribution in [0.4, 0.5) is 8.78 Å². The first kappa shape index (κ1) is 18.8. The molecule has 2 aromatic rings. The summed E-state index contributed by atoms with van der Waals surface area (Å²) < 4.78 is 27.5. The van der Waals surface area contributed by atoms with Crippen molar-refractivity contribution in [1.82, 2.24) is 15.2 Å². The summed E-state index contributed by atoms with van der Waals surface area (Å²) in [5.41, 5.74) is -2.80. The average molecular weight is 359 g/mol. The largest absolute Gasteiger partial charge is 0.396 e. The number of rotatable bonds is 8. The van der Waals surface area contributed by atoms with Gasteiger partial charge in [0.2, 0.25) is 0 Å². The Hall–Kier alpha value is -1.55. The molecule has 0 spiro atoms. The molecule has 0 aliphatic carbocycles. The van der Waals surface area contributed by atoms with E-state index in [0.29, 0.717) is 11.9 Å². The number of aromatic amines is 1. The van der Waals surface area contributed by atoms with Crippen LogP contribution in [-0.4, -0.2) is 47.8 Å². The highest BCUT2D eigenvalue weighted by atomic mass is 32.2. The Morgan fingerprint density at radius 2 is 2.12 bits per heavy atom. The standard InChI is InChI=1S/C15H19F2N3O3S/c1-9(24-14(22)4-5-21)15(23,7-13-18-8-19-20-13)11-3-2-10(16)6-12(11)17/h2-3,6,8-9,14,21-23H,4-5,7H2,1H3,(H,18,19,20)/t9-,14?,15+/m1/s1. The van der Waals surface area contributed by atoms with E-state index in [1.807, 2.05) is 0 Å². The van der Waals surface area contributed by atoms with Crippen LogP contribution in [0.15, 0.2) is 24.5 Å². The summed E-state index contributed by atoms with van der Waals surface area (Å²) >= 11 is 0.984. The van der Waals surface area contributed by atoms with Gasteiger partial charge in [0, 0.05) is 36.3 Å². The highest BCUT2D eigenvalue weighted by molar-refractivity contribution is 8.00. The molecule has 132 valence electrons. The van der Waals surface area contributed by atoms with Crippen LogP contribution in [0.2, 0.25) is 0 Å². The zero-order valence-corrected chi connectivity index (χ0v) is 13.8. The van der Waals surface area contributed by atoms with Crippen LogP contribution in [0.1, 0.15) is 24.7 Å². The van der Waals surface area contributed by atoms with Crippen LogP contribution in [0.3, 0.4) is 0 Å². The number of benzene rings is 1. The molecular formula is C15H19F2N3O3S. The van der Waals surface area contributed by atoms with Gasteiger partial charge in [-0.3, -0.25) is 5.10 Å². The average Bonchev–Trinajstić information content (AvgIpc) is 2.99. The van der Waals surface area contributed by atoms with Crippen LogP contribution < -0.4 is 0 Å². The fourth-order valence-corrected chi connectivity index (χ4v) is 3.54. The monoisotopic (exact) mass is 359 g/mol. The number of aromatic nitrogens is 3. The van der Waals surface area contributed by atoms with Gasteiger partial charge in [-0.1, -0.05) is 13.0 Å². The van der Waals surface area contributed by atoms with Gasteiger partial charge in [0.25, 0.3) is 0 Å². The smallest absolute Gasteiger partial charge is 0.137 e. The van der Waals surface area contributed by atoms with Crippen molar-refractivity contribution in [2.45, 2.75) is 36.1 Å². The number of aliphatic hydroxyl groups is 3. The maximum Gasteiger partial charge on any atom is 0.137 e. The molecule has 0 radical (unpaired) electrons. The van der Waals surface area contributed by atoms with Crippen molar-refractivity contribution >= 4 is 11.8 Å². The van der Waals surface area contributed by atoms with Crippen molar-refractivity contribution in [3.63, 3.8) is 0 Å². The first-order valence-corrected chi connectivity index (χ1v) is 8.27. The van der Waals surface area contributed by atoms with Gasteiger partial charge in [-0.2, -0.15) is 5.10 Å². The van der Waals surface area contributed by atoms with Crippen molar-refractivity contribution in [2.24, 2.45) is 0 Å². The normalized spacial score (nSPS) is 16.6. The van der Waals surface area contributed by atoms with Crippen LogP contribution in [0.5, 0.6) is 0 Å². The van der Waals surface area contributed by atoms with E-state index in [1.54, 1.807) is 6.92 Å². The van der Waals surface area contributed by atoms with Crippen LogP contribution in [0.25, 0.3) is 0 Å². The number of thioether (sulfide) groups is 1. The number of aliphatic hydroxyl groups excluding tert-OH is 2. The number of nitrogens with zero attached hydrogens (tertiary/aromatic N) is 2. The van der Waals surface area contributed by atoms with E-state index in [9.17, 15) is 19.0 Å². The zero-order chi connectivity index (χ0) is 17.7. The molecule has 9 heteroatoms. The predicted octanol–water partition coefficient (Wildman–Crippen LogP) is 1.34. The summed E-state index contributed by atoms with van der Waals surface area (Å²) in [4.78, 5) is 3.94. The van der Waals surface area contributed by atoms with E-state index in [-0.39, 0.29) is 25.0 Å². The Kier molecular flexibility index (Phi) is 6.27. The lowest BCUT2D eigenvalue weighted by Gasteiger charge is -2.35. The second-order valence-electron chi connectivity index (χ2n) is 5.40. The van der Waals surface area contributed by atoms with E-state index in [0.717, 1.165) is 17.8 Å². The van der Waals surface area contributed by atoms with Gasteiger partial charge in [-0.15, -0.1) is 11.8 Å². The molecule has 0 saturated heterocycles. The van der Waals surface area contributed by atoms with Crippen LogP contribution >= 0.6 is 11.8 Å². The summed E-state index contributed by atoms with van der Waals surface area (Å²) in [6.45, 7) is 1.40. The molecule has 24 heavy (non-hydrogen) atoms. The third kappa shape index (κ3) is 4.29. The molecule has 0 saturated carbocycles. The quantitative estimate of drug-likeness (QED) is 0.531. The van der Waals surface area contributed by atoms with Crippen molar-refractivity contribution in [3.8, 4) is 0 Å². The SMILES string of the molecule is C[C@@H](SC(O)CCO)[C@@](O)(Cc1ncn[nH]1)c1ccc(F)cc1F. The van der Waals surface area contributed by atoms with Gasteiger partial charge in [0.1, 0.15) is 34.8 Å². The molecule has 0 aliphatic heterocycles. The minimum atomic E-state index is -1.77. The lowest BCUT2D eigenvalue weighted by atomic mass is 9.86. The summed E-state index contributed by atoms with van der Waals surface area (Å²) in [5.74, 6) is -1.31. The Bertz CT molecular complexity index is 659. The van der Waals surface area contributed by atoms with E-state index in [1.165, 1.54) is 12.4 Å². The third-order valence-corrected chi connectivity index (χ3v) is 5.06. The Labute approximate surface area is 141 Å². The molecule has 0 bridgehead atoms. The predicted molar refractivity (Wildman–Crippen MR) is 85.1 cm³/mol. The van der Waals surface area contributed by atoms with Crippen molar-refractivity contribution < 1.29 is 24.1 Å². The van der Waals surface area contributed by atoms with Crippen molar-refractivity contribution in [1.29, 1.82) is 0 Å². The van der Waals surface area contributed by atoms with E-state index >= 15 is 0 Å². The lowest BCUT2D eigenvalue weighted by Crippen LogP contribution is -2.40. The number of halogens is 2. The molecule has 4 N–H and O–H groups in total. The van der Waals surface area contributed by atoms with Gasteiger partial charge in [0.05, 0.1) is 0 Å². The van der Waals surface area contributed by atoms with Gasteiger partial charge < -0.3 is 15.3 Å². The Morgan fingerprint density at radius 3 is 2.71 bits per heavy atom. The molecule has 0 fully saturated rings. The number of nitrogens with one attached hydrogen (secondary N) is 1. The molecule has 1 aromatic heterocycles. The Balaban J connectivity index is 2.36. The second-order valence-corrected chi connectivity index (χ2v) is 6.93. The maximum atomic E-state index is 14.3. The van der Waals surface area contributed by atoms with Crippen molar-refractivity contribution in [3.05, 3.63) is 47.5 Å².